The minimum atomic E-state index is -0.161. The van der Waals surface area contributed by atoms with E-state index in [9.17, 15) is 4.79 Å². The van der Waals surface area contributed by atoms with Gasteiger partial charge in [-0.05, 0) is 20.3 Å². The van der Waals surface area contributed by atoms with Crippen molar-refractivity contribution in [2.45, 2.75) is 44.9 Å². The molecule has 0 unspecified atom stereocenters. The number of rotatable bonds is 5. The molecule has 2 heterocycles. The zero-order valence-corrected chi connectivity index (χ0v) is 14.9. The zero-order chi connectivity index (χ0) is 17.1. The number of thiazole rings is 1. The Bertz CT molecular complexity index is 685. The number of nitrogens with one attached hydrogen (secondary N) is 1. The third-order valence-electron chi connectivity index (χ3n) is 4.13. The normalized spacial score (nSPS) is 21.3. The Morgan fingerprint density at radius 3 is 2.88 bits per heavy atom. The topological polar surface area (TPSA) is 71.2 Å². The second-order valence-corrected chi connectivity index (χ2v) is 7.54. The van der Waals surface area contributed by atoms with Crippen molar-refractivity contribution in [1.29, 1.82) is 0 Å². The third kappa shape index (κ3) is 4.01. The summed E-state index contributed by atoms with van der Waals surface area (Å²) in [5, 5.41) is 6.09. The predicted molar refractivity (Wildman–Crippen MR) is 97.6 cm³/mol. The summed E-state index contributed by atoms with van der Waals surface area (Å²) in [7, 11) is 0. The zero-order valence-electron chi connectivity index (χ0n) is 14.1. The SMILES string of the molecule is CC(C)NC(=O)[C@@H]1C[C@H](N)CN1Cc1nc(-c2ccccc2)cs1. The van der Waals surface area contributed by atoms with Crippen LogP contribution in [0.15, 0.2) is 35.7 Å². The Balaban J connectivity index is 1.70. The highest BCUT2D eigenvalue weighted by atomic mass is 32.1. The highest BCUT2D eigenvalue weighted by molar-refractivity contribution is 7.09. The Kier molecular flexibility index (Phi) is 5.28. The molecule has 0 bridgehead atoms. The van der Waals surface area contributed by atoms with Gasteiger partial charge in [-0.2, -0.15) is 0 Å². The molecule has 3 rings (SSSR count). The van der Waals surface area contributed by atoms with Crippen LogP contribution >= 0.6 is 11.3 Å². The first-order valence-electron chi connectivity index (χ1n) is 8.32. The minimum Gasteiger partial charge on any atom is -0.353 e. The molecule has 1 amide bonds. The van der Waals surface area contributed by atoms with E-state index in [4.69, 9.17) is 10.7 Å². The van der Waals surface area contributed by atoms with Crippen LogP contribution in [0.2, 0.25) is 0 Å². The summed E-state index contributed by atoms with van der Waals surface area (Å²) in [5.41, 5.74) is 8.20. The number of aromatic nitrogens is 1. The fraction of sp³-hybridized carbons (Fsp3) is 0.444. The third-order valence-corrected chi connectivity index (χ3v) is 4.96. The Morgan fingerprint density at radius 1 is 1.42 bits per heavy atom. The van der Waals surface area contributed by atoms with Crippen LogP contribution in [-0.4, -0.2) is 40.5 Å². The molecule has 1 aliphatic rings. The maximum Gasteiger partial charge on any atom is 0.237 e. The summed E-state index contributed by atoms with van der Waals surface area (Å²) in [4.78, 5) is 19.3. The number of nitrogens with zero attached hydrogens (tertiary/aromatic N) is 2. The lowest BCUT2D eigenvalue weighted by Crippen LogP contribution is -2.45. The first kappa shape index (κ1) is 17.1. The number of carbonyl (C=O) groups is 1. The number of amides is 1. The Labute approximate surface area is 146 Å². The summed E-state index contributed by atoms with van der Waals surface area (Å²) >= 11 is 1.63. The van der Waals surface area contributed by atoms with Crippen LogP contribution in [0.1, 0.15) is 25.3 Å². The lowest BCUT2D eigenvalue weighted by molar-refractivity contribution is -0.126. The molecular weight excluding hydrogens is 320 g/mol. The van der Waals surface area contributed by atoms with Gasteiger partial charge in [0.25, 0.3) is 0 Å². The fourth-order valence-corrected chi connectivity index (χ4v) is 3.89. The number of nitrogens with two attached hydrogens (primary N) is 1. The molecule has 1 saturated heterocycles. The highest BCUT2D eigenvalue weighted by Gasteiger charge is 2.35. The van der Waals surface area contributed by atoms with Crippen molar-refractivity contribution in [2.24, 2.45) is 5.73 Å². The number of hydrogen-bond acceptors (Lipinski definition) is 5. The molecule has 1 aliphatic heterocycles. The lowest BCUT2D eigenvalue weighted by atomic mass is 10.1. The molecule has 1 aromatic carbocycles. The van der Waals surface area contributed by atoms with Crippen LogP contribution in [0.25, 0.3) is 11.3 Å². The van der Waals surface area contributed by atoms with E-state index in [0.29, 0.717) is 13.0 Å². The predicted octanol–water partition coefficient (Wildman–Crippen LogP) is 2.24. The highest BCUT2D eigenvalue weighted by Crippen LogP contribution is 2.25. The molecule has 2 atom stereocenters. The van der Waals surface area contributed by atoms with Gasteiger partial charge in [0, 0.05) is 29.6 Å². The average Bonchev–Trinajstić information content (AvgIpc) is 3.15. The monoisotopic (exact) mass is 344 g/mol. The summed E-state index contributed by atoms with van der Waals surface area (Å²) in [6.45, 7) is 5.35. The molecule has 3 N–H and O–H groups in total. The maximum absolute atomic E-state index is 12.4. The Morgan fingerprint density at radius 2 is 2.17 bits per heavy atom. The van der Waals surface area contributed by atoms with E-state index in [1.807, 2.05) is 32.0 Å². The number of likely N-dealkylation sites (tertiary alicyclic amines) is 1. The summed E-state index contributed by atoms with van der Waals surface area (Å²) in [6, 6.07) is 10.2. The van der Waals surface area contributed by atoms with Gasteiger partial charge >= 0.3 is 0 Å². The van der Waals surface area contributed by atoms with E-state index < -0.39 is 0 Å². The smallest absolute Gasteiger partial charge is 0.237 e. The van der Waals surface area contributed by atoms with Crippen LogP contribution in [0.3, 0.4) is 0 Å². The van der Waals surface area contributed by atoms with Crippen LogP contribution < -0.4 is 11.1 Å². The van der Waals surface area contributed by atoms with Gasteiger partial charge in [-0.15, -0.1) is 11.3 Å². The molecule has 24 heavy (non-hydrogen) atoms. The number of benzene rings is 1. The summed E-state index contributed by atoms with van der Waals surface area (Å²) in [5.74, 6) is 0.0674. The molecule has 2 aromatic rings. The second kappa shape index (κ2) is 7.42. The van der Waals surface area contributed by atoms with Crippen LogP contribution in [0.4, 0.5) is 0 Å². The van der Waals surface area contributed by atoms with E-state index >= 15 is 0 Å². The van der Waals surface area contributed by atoms with Crippen LogP contribution in [0.5, 0.6) is 0 Å². The minimum absolute atomic E-state index is 0.0430. The quantitative estimate of drug-likeness (QED) is 0.873. The first-order chi connectivity index (χ1) is 11.5. The summed E-state index contributed by atoms with van der Waals surface area (Å²) in [6.07, 6.45) is 0.704. The van der Waals surface area contributed by atoms with E-state index in [1.54, 1.807) is 11.3 Å². The second-order valence-electron chi connectivity index (χ2n) is 6.60. The van der Waals surface area contributed by atoms with E-state index in [1.165, 1.54) is 0 Å². The van der Waals surface area contributed by atoms with Crippen molar-refractivity contribution in [2.75, 3.05) is 6.54 Å². The first-order valence-corrected chi connectivity index (χ1v) is 9.20. The van der Waals surface area contributed by atoms with Crippen molar-refractivity contribution in [3.63, 3.8) is 0 Å². The molecular formula is C18H24N4OS. The molecule has 0 radical (unpaired) electrons. The van der Waals surface area contributed by atoms with Gasteiger partial charge in [0.15, 0.2) is 0 Å². The van der Waals surface area contributed by atoms with Gasteiger partial charge in [0.2, 0.25) is 5.91 Å². The molecule has 0 aliphatic carbocycles. The van der Waals surface area contributed by atoms with Crippen LogP contribution in [-0.2, 0) is 11.3 Å². The molecule has 0 saturated carbocycles. The van der Waals surface area contributed by atoms with Crippen molar-refractivity contribution >= 4 is 17.2 Å². The van der Waals surface area contributed by atoms with Gasteiger partial charge < -0.3 is 11.1 Å². The van der Waals surface area contributed by atoms with E-state index in [-0.39, 0.29) is 24.0 Å². The van der Waals surface area contributed by atoms with Crippen molar-refractivity contribution in [3.8, 4) is 11.3 Å². The molecule has 1 aromatic heterocycles. The lowest BCUT2D eigenvalue weighted by Gasteiger charge is -2.23. The van der Waals surface area contributed by atoms with Crippen molar-refractivity contribution < 1.29 is 4.79 Å². The van der Waals surface area contributed by atoms with Crippen LogP contribution in [0, 0.1) is 0 Å². The van der Waals surface area contributed by atoms with Gasteiger partial charge in [0.1, 0.15) is 5.01 Å². The van der Waals surface area contributed by atoms with Gasteiger partial charge in [0.05, 0.1) is 18.3 Å². The standard InChI is InChI=1S/C18H24N4OS/c1-12(2)20-18(23)16-8-14(19)9-22(16)10-17-21-15(11-24-17)13-6-4-3-5-7-13/h3-7,11-12,14,16H,8-10,19H2,1-2H3,(H,20,23)/t14-,16-/m0/s1. The fourth-order valence-electron chi connectivity index (χ4n) is 3.07. The van der Waals surface area contributed by atoms with Gasteiger partial charge in [-0.3, -0.25) is 9.69 Å². The molecule has 128 valence electrons. The van der Waals surface area contributed by atoms with E-state index in [0.717, 1.165) is 22.8 Å². The summed E-state index contributed by atoms with van der Waals surface area (Å²) < 4.78 is 0. The van der Waals surface area contributed by atoms with Gasteiger partial charge in [-0.1, -0.05) is 30.3 Å². The largest absolute Gasteiger partial charge is 0.353 e. The van der Waals surface area contributed by atoms with Crippen molar-refractivity contribution in [3.05, 3.63) is 40.7 Å². The maximum atomic E-state index is 12.4. The Hall–Kier alpha value is -1.76. The molecule has 6 heteroatoms. The molecule has 0 spiro atoms. The van der Waals surface area contributed by atoms with Gasteiger partial charge in [-0.25, -0.2) is 4.98 Å². The average molecular weight is 344 g/mol. The molecule has 5 nitrogen and oxygen atoms in total. The van der Waals surface area contributed by atoms with Crippen molar-refractivity contribution in [1.82, 2.24) is 15.2 Å². The number of hydrogen-bond donors (Lipinski definition) is 2. The number of carbonyl (C=O) groups excluding carboxylic acids is 1. The van der Waals surface area contributed by atoms with E-state index in [2.05, 4.69) is 27.7 Å². The molecule has 1 fully saturated rings.